The molecule has 13 nitrogen and oxygen atoms in total. The van der Waals surface area contributed by atoms with Crippen molar-refractivity contribution in [1.82, 2.24) is 25.0 Å². The maximum absolute atomic E-state index is 13.7. The van der Waals surface area contributed by atoms with Gasteiger partial charge in [0, 0.05) is 47.2 Å². The van der Waals surface area contributed by atoms with Crippen LogP contribution in [0, 0.1) is 0 Å². The minimum atomic E-state index is -3.49. The predicted octanol–water partition coefficient (Wildman–Crippen LogP) is 7.59. The molecule has 5 rings (SSSR count). The number of hydrogen-bond acceptors (Lipinski definition) is 9. The lowest BCUT2D eigenvalue weighted by atomic mass is 9.92. The van der Waals surface area contributed by atoms with E-state index in [2.05, 4.69) is 48.4 Å². The van der Waals surface area contributed by atoms with Crippen LogP contribution in [0.1, 0.15) is 117 Å². The van der Waals surface area contributed by atoms with Gasteiger partial charge in [-0.2, -0.15) is 0 Å². The van der Waals surface area contributed by atoms with E-state index in [1.165, 1.54) is 69.1 Å². The smallest absolute Gasteiger partial charge is 0.378 e. The number of anilines is 1. The fraction of sp³-hybridized carbons (Fsp3) is 0.659. The summed E-state index contributed by atoms with van der Waals surface area (Å²) in [6.45, 7) is 7.41. The maximum atomic E-state index is 13.7. The van der Waals surface area contributed by atoms with E-state index >= 15 is 0 Å². The molecule has 14 heteroatoms. The molecule has 55 heavy (non-hydrogen) atoms. The van der Waals surface area contributed by atoms with Crippen LogP contribution < -0.4 is 9.99 Å². The standard InChI is InChI=1S/C41H65N7O6P/c1-5-6-7-8-9-10-11-12-13-14-15-16-28-53-55(51,42-23-27-48(2,3)4)54-29-18-24-46-32-34(43-44-46)33-47-40(49)36-20-17-19-35-38(45-25-30-52-31-26-45)22-21-37(39(35)36)41(47)50/h17,19-22,32H,5-16,18,23-31,33H2,1-4H3,(H,42,51)/q+1. The molecule has 2 amide bonds. The molecule has 3 heterocycles. The number of nitrogens with zero attached hydrogens (tertiary/aromatic N) is 6. The van der Waals surface area contributed by atoms with Crippen molar-refractivity contribution in [2.45, 2.75) is 103 Å². The number of hydrogen-bond donors (Lipinski definition) is 1. The Kier molecular flexibility index (Phi) is 16.7. The van der Waals surface area contributed by atoms with Crippen molar-refractivity contribution in [3.8, 4) is 0 Å². The van der Waals surface area contributed by atoms with Crippen LogP contribution in [0.25, 0.3) is 10.8 Å². The van der Waals surface area contributed by atoms with Crippen molar-refractivity contribution in [2.75, 3.05) is 78.6 Å². The number of likely N-dealkylation sites (N-methyl/N-ethyl adjacent to an activating group) is 1. The van der Waals surface area contributed by atoms with Crippen molar-refractivity contribution in [2.24, 2.45) is 0 Å². The number of aryl methyl sites for hydroxylation is 1. The van der Waals surface area contributed by atoms with E-state index in [9.17, 15) is 14.2 Å². The summed E-state index contributed by atoms with van der Waals surface area (Å²) in [4.78, 5) is 30.9. The Labute approximate surface area is 328 Å². The SMILES string of the molecule is CCCCCCCCCCCCCCOP(=O)(NCC[N+](C)(C)C)OCCCn1cc(CN2C(=O)c3cccc4c(N5CCOCC5)ccc(c34)C2=O)nn1. The van der Waals surface area contributed by atoms with Crippen molar-refractivity contribution in [3.63, 3.8) is 0 Å². The third kappa shape index (κ3) is 12.9. The van der Waals surface area contributed by atoms with Gasteiger partial charge in [-0.25, -0.2) is 9.65 Å². The summed E-state index contributed by atoms with van der Waals surface area (Å²) < 4.78 is 33.4. The van der Waals surface area contributed by atoms with Crippen LogP contribution >= 0.6 is 7.75 Å². The second-order valence-electron chi connectivity index (χ2n) is 16.0. The van der Waals surface area contributed by atoms with Gasteiger partial charge in [-0.3, -0.25) is 28.2 Å². The molecule has 1 atom stereocenters. The number of ether oxygens (including phenoxy) is 1. The van der Waals surface area contributed by atoms with Gasteiger partial charge >= 0.3 is 7.75 Å². The van der Waals surface area contributed by atoms with Gasteiger partial charge in [-0.15, -0.1) is 5.10 Å². The van der Waals surface area contributed by atoms with E-state index in [0.717, 1.165) is 48.0 Å². The average Bonchev–Trinajstić information content (AvgIpc) is 3.63. The quantitative estimate of drug-likeness (QED) is 0.0377. The van der Waals surface area contributed by atoms with Crippen LogP contribution in [-0.4, -0.2) is 110 Å². The van der Waals surface area contributed by atoms with Gasteiger partial charge in [0.1, 0.15) is 5.69 Å². The second-order valence-corrected chi connectivity index (χ2v) is 17.8. The number of quaternary nitrogens is 1. The molecule has 3 aromatic rings. The average molecular weight is 783 g/mol. The van der Waals surface area contributed by atoms with Crippen molar-refractivity contribution < 1.29 is 32.4 Å². The minimum absolute atomic E-state index is 0.00752. The summed E-state index contributed by atoms with van der Waals surface area (Å²) in [7, 11) is 2.77. The second kappa shape index (κ2) is 21.4. The Morgan fingerprint density at radius 3 is 2.09 bits per heavy atom. The van der Waals surface area contributed by atoms with E-state index in [4.69, 9.17) is 13.8 Å². The number of benzene rings is 2. The Morgan fingerprint density at radius 1 is 0.818 bits per heavy atom. The van der Waals surface area contributed by atoms with Crippen molar-refractivity contribution in [1.29, 1.82) is 0 Å². The van der Waals surface area contributed by atoms with Gasteiger partial charge in [-0.1, -0.05) is 94.9 Å². The molecule has 1 N–H and O–H groups in total. The van der Waals surface area contributed by atoms with Gasteiger partial charge < -0.3 is 14.1 Å². The molecule has 0 radical (unpaired) electrons. The van der Waals surface area contributed by atoms with Crippen LogP contribution in [0.4, 0.5) is 5.69 Å². The Bertz CT molecular complexity index is 1700. The topological polar surface area (TPSA) is 128 Å². The largest absolute Gasteiger partial charge is 0.405 e. The van der Waals surface area contributed by atoms with E-state index in [1.54, 1.807) is 16.9 Å². The molecule has 2 aromatic carbocycles. The lowest BCUT2D eigenvalue weighted by Crippen LogP contribution is -2.40. The molecule has 0 spiro atoms. The van der Waals surface area contributed by atoms with Crippen LogP contribution in [-0.2, 0) is 31.4 Å². The van der Waals surface area contributed by atoms with Gasteiger partial charge in [0.2, 0.25) is 0 Å². The van der Waals surface area contributed by atoms with E-state index in [-0.39, 0.29) is 25.0 Å². The van der Waals surface area contributed by atoms with E-state index in [1.807, 2.05) is 24.3 Å². The third-order valence-electron chi connectivity index (χ3n) is 10.4. The number of morpholine rings is 1. The van der Waals surface area contributed by atoms with Gasteiger partial charge in [0.05, 0.1) is 73.4 Å². The zero-order valence-electron chi connectivity index (χ0n) is 33.8. The summed E-state index contributed by atoms with van der Waals surface area (Å²) in [6, 6.07) is 9.43. The number of amides is 2. The van der Waals surface area contributed by atoms with E-state index in [0.29, 0.717) is 61.5 Å². The molecule has 0 bridgehead atoms. The first-order valence-electron chi connectivity index (χ1n) is 20.7. The Balaban J connectivity index is 1.07. The number of carbonyl (C=O) groups is 2. The molecule has 0 aliphatic carbocycles. The molecule has 2 aliphatic heterocycles. The fourth-order valence-corrected chi connectivity index (χ4v) is 8.60. The number of aromatic nitrogens is 3. The van der Waals surface area contributed by atoms with Crippen LogP contribution in [0.2, 0.25) is 0 Å². The first-order valence-corrected chi connectivity index (χ1v) is 22.2. The molecule has 1 unspecified atom stereocenters. The minimum Gasteiger partial charge on any atom is -0.378 e. The molecule has 1 fully saturated rings. The van der Waals surface area contributed by atoms with Crippen LogP contribution in [0.3, 0.4) is 0 Å². The number of unbranched alkanes of at least 4 members (excludes halogenated alkanes) is 11. The molecular formula is C41H65N7O6P+. The Morgan fingerprint density at radius 2 is 1.44 bits per heavy atom. The normalized spacial score (nSPS) is 16.0. The third-order valence-corrected chi connectivity index (χ3v) is 12.0. The number of imide groups is 1. The van der Waals surface area contributed by atoms with Gasteiger partial charge in [-0.05, 0) is 31.0 Å². The zero-order chi connectivity index (χ0) is 39.1. The summed E-state index contributed by atoms with van der Waals surface area (Å²) >= 11 is 0. The Hall–Kier alpha value is -3.19. The molecule has 1 aromatic heterocycles. The fourth-order valence-electron chi connectivity index (χ4n) is 7.23. The van der Waals surface area contributed by atoms with Gasteiger partial charge in [0.25, 0.3) is 11.8 Å². The maximum Gasteiger partial charge on any atom is 0.405 e. The van der Waals surface area contributed by atoms with Gasteiger partial charge in [0.15, 0.2) is 0 Å². The zero-order valence-corrected chi connectivity index (χ0v) is 34.7. The molecule has 304 valence electrons. The summed E-state index contributed by atoms with van der Waals surface area (Å²) in [6.07, 6.45) is 17.3. The molecule has 1 saturated heterocycles. The van der Waals surface area contributed by atoms with Crippen molar-refractivity contribution >= 4 is 36.0 Å². The summed E-state index contributed by atoms with van der Waals surface area (Å²) in [5.41, 5.74) is 2.52. The highest BCUT2D eigenvalue weighted by molar-refractivity contribution is 7.51. The summed E-state index contributed by atoms with van der Waals surface area (Å²) in [5.74, 6) is -0.690. The highest BCUT2D eigenvalue weighted by Crippen LogP contribution is 2.44. The monoisotopic (exact) mass is 782 g/mol. The van der Waals surface area contributed by atoms with Crippen molar-refractivity contribution in [3.05, 3.63) is 53.3 Å². The first kappa shape index (κ1) is 42.9. The highest BCUT2D eigenvalue weighted by Gasteiger charge is 2.34. The number of nitrogens with one attached hydrogen (secondary N) is 1. The van der Waals surface area contributed by atoms with Crippen LogP contribution in [0.5, 0.6) is 0 Å². The first-order chi connectivity index (χ1) is 26.6. The molecule has 2 aliphatic rings. The lowest BCUT2D eigenvalue weighted by Gasteiger charge is -2.32. The molecular weight excluding hydrogens is 717 g/mol. The number of carbonyl (C=O) groups excluding carboxylic acids is 2. The molecule has 0 saturated carbocycles. The van der Waals surface area contributed by atoms with E-state index < -0.39 is 7.75 Å². The van der Waals surface area contributed by atoms with Crippen LogP contribution in [0.15, 0.2) is 36.5 Å². The lowest BCUT2D eigenvalue weighted by molar-refractivity contribution is -0.869. The predicted molar refractivity (Wildman–Crippen MR) is 217 cm³/mol. The number of rotatable bonds is 26. The summed E-state index contributed by atoms with van der Waals surface area (Å²) in [5, 5.41) is 13.2. The highest BCUT2D eigenvalue weighted by atomic mass is 31.2.